The smallest absolute Gasteiger partial charge is 0.0636 e. The molecule has 3 atom stereocenters. The number of hydrogen-bond acceptors (Lipinski definition) is 2. The lowest BCUT2D eigenvalue weighted by Gasteiger charge is -2.32. The molecule has 2 heteroatoms. The van der Waals surface area contributed by atoms with E-state index in [4.69, 9.17) is 5.11 Å². The highest BCUT2D eigenvalue weighted by atomic mass is 16.3. The Morgan fingerprint density at radius 1 is 1.23 bits per heavy atom. The first kappa shape index (κ1) is 11.0. The molecule has 0 aliphatic heterocycles. The Balaban J connectivity index is 2.25. The second-order valence-electron chi connectivity index (χ2n) is 4.87. The van der Waals surface area contributed by atoms with Gasteiger partial charge in [-0.2, -0.15) is 0 Å². The number of aliphatic hydroxyl groups is 1. The fraction of sp³-hybridized carbons (Fsp3) is 1.00. The molecule has 2 nitrogen and oxygen atoms in total. The van der Waals surface area contributed by atoms with Gasteiger partial charge in [0, 0.05) is 12.6 Å². The molecule has 2 N–H and O–H groups in total. The predicted octanol–water partition coefficient (Wildman–Crippen LogP) is 1.78. The summed E-state index contributed by atoms with van der Waals surface area (Å²) in [6.07, 6.45) is 3.70. The molecule has 78 valence electrons. The van der Waals surface area contributed by atoms with Gasteiger partial charge in [0.25, 0.3) is 0 Å². The topological polar surface area (TPSA) is 32.3 Å². The van der Waals surface area contributed by atoms with Crippen molar-refractivity contribution in [2.24, 2.45) is 11.8 Å². The molecule has 1 aliphatic carbocycles. The first-order chi connectivity index (χ1) is 6.08. The molecule has 0 radical (unpaired) electrons. The number of nitrogens with one attached hydrogen (secondary N) is 1. The first-order valence-corrected chi connectivity index (χ1v) is 5.49. The maximum Gasteiger partial charge on any atom is 0.0636 e. The highest BCUT2D eigenvalue weighted by molar-refractivity contribution is 4.79. The average molecular weight is 185 g/mol. The molecule has 0 spiro atoms. The monoisotopic (exact) mass is 185 g/mol. The van der Waals surface area contributed by atoms with Crippen molar-refractivity contribution in [3.63, 3.8) is 0 Å². The second kappa shape index (κ2) is 4.97. The van der Waals surface area contributed by atoms with Crippen molar-refractivity contribution in [3.05, 3.63) is 0 Å². The summed E-state index contributed by atoms with van der Waals surface area (Å²) in [5.41, 5.74) is 0. The van der Waals surface area contributed by atoms with E-state index in [1.807, 2.05) is 6.92 Å². The molecular weight excluding hydrogens is 162 g/mol. The molecule has 0 aromatic carbocycles. The van der Waals surface area contributed by atoms with E-state index in [2.05, 4.69) is 19.2 Å². The Kier molecular flexibility index (Phi) is 4.20. The zero-order valence-electron chi connectivity index (χ0n) is 9.09. The molecule has 1 fully saturated rings. The summed E-state index contributed by atoms with van der Waals surface area (Å²) in [4.78, 5) is 0. The lowest BCUT2D eigenvalue weighted by Crippen LogP contribution is -2.39. The van der Waals surface area contributed by atoms with Crippen LogP contribution in [0.5, 0.6) is 0 Å². The Bertz CT molecular complexity index is 137. The van der Waals surface area contributed by atoms with Crippen molar-refractivity contribution in [1.82, 2.24) is 5.32 Å². The van der Waals surface area contributed by atoms with Crippen LogP contribution in [0.15, 0.2) is 0 Å². The van der Waals surface area contributed by atoms with Crippen LogP contribution in [-0.2, 0) is 0 Å². The van der Waals surface area contributed by atoms with Crippen LogP contribution in [0.25, 0.3) is 0 Å². The van der Waals surface area contributed by atoms with Crippen LogP contribution >= 0.6 is 0 Å². The van der Waals surface area contributed by atoms with E-state index in [9.17, 15) is 0 Å². The van der Waals surface area contributed by atoms with Gasteiger partial charge in [0.2, 0.25) is 0 Å². The lowest BCUT2D eigenvalue weighted by atomic mass is 9.80. The van der Waals surface area contributed by atoms with E-state index < -0.39 is 0 Å². The SMILES string of the molecule is CC1CC(C)CC(NC[C@@H](C)O)C1. The third-order valence-electron chi connectivity index (χ3n) is 2.88. The van der Waals surface area contributed by atoms with Gasteiger partial charge in [0.05, 0.1) is 6.10 Å². The molecule has 1 saturated carbocycles. The van der Waals surface area contributed by atoms with Crippen LogP contribution in [0.3, 0.4) is 0 Å². The van der Waals surface area contributed by atoms with Gasteiger partial charge in [-0.1, -0.05) is 13.8 Å². The van der Waals surface area contributed by atoms with Crippen LogP contribution in [-0.4, -0.2) is 23.8 Å². The van der Waals surface area contributed by atoms with Crippen molar-refractivity contribution >= 4 is 0 Å². The summed E-state index contributed by atoms with van der Waals surface area (Å²) in [6.45, 7) is 7.23. The van der Waals surface area contributed by atoms with Crippen molar-refractivity contribution < 1.29 is 5.11 Å². The maximum absolute atomic E-state index is 9.15. The normalized spacial score (nSPS) is 37.4. The maximum atomic E-state index is 9.15. The summed E-state index contributed by atoms with van der Waals surface area (Å²) >= 11 is 0. The Labute approximate surface area is 81.7 Å². The molecule has 0 aromatic rings. The Hall–Kier alpha value is -0.0800. The molecular formula is C11H23NO. The number of aliphatic hydroxyl groups excluding tert-OH is 1. The molecule has 0 amide bonds. The van der Waals surface area contributed by atoms with Gasteiger partial charge in [0.1, 0.15) is 0 Å². The van der Waals surface area contributed by atoms with Gasteiger partial charge in [-0.15, -0.1) is 0 Å². The minimum atomic E-state index is -0.215. The van der Waals surface area contributed by atoms with Crippen LogP contribution < -0.4 is 5.32 Å². The van der Waals surface area contributed by atoms with Gasteiger partial charge >= 0.3 is 0 Å². The third kappa shape index (κ3) is 4.10. The van der Waals surface area contributed by atoms with Gasteiger partial charge < -0.3 is 10.4 Å². The second-order valence-corrected chi connectivity index (χ2v) is 4.87. The minimum absolute atomic E-state index is 0.215. The van der Waals surface area contributed by atoms with Crippen LogP contribution in [0.1, 0.15) is 40.0 Å². The molecule has 1 aliphatic rings. The predicted molar refractivity (Wildman–Crippen MR) is 55.7 cm³/mol. The third-order valence-corrected chi connectivity index (χ3v) is 2.88. The quantitative estimate of drug-likeness (QED) is 0.702. The van der Waals surface area contributed by atoms with Crippen molar-refractivity contribution in [1.29, 1.82) is 0 Å². The lowest BCUT2D eigenvalue weighted by molar-refractivity contribution is 0.168. The van der Waals surface area contributed by atoms with Crippen LogP contribution in [0.4, 0.5) is 0 Å². The molecule has 1 rings (SSSR count). The van der Waals surface area contributed by atoms with E-state index in [1.165, 1.54) is 19.3 Å². The van der Waals surface area contributed by atoms with Crippen molar-refractivity contribution in [2.45, 2.75) is 52.2 Å². The molecule has 13 heavy (non-hydrogen) atoms. The van der Waals surface area contributed by atoms with E-state index in [0.29, 0.717) is 6.04 Å². The average Bonchev–Trinajstić information content (AvgIpc) is 1.99. The first-order valence-electron chi connectivity index (χ1n) is 5.49. The van der Waals surface area contributed by atoms with Crippen LogP contribution in [0, 0.1) is 11.8 Å². The highest BCUT2D eigenvalue weighted by Crippen LogP contribution is 2.28. The Morgan fingerprint density at radius 3 is 2.23 bits per heavy atom. The summed E-state index contributed by atoms with van der Waals surface area (Å²) in [5.74, 6) is 1.69. The number of rotatable bonds is 3. The fourth-order valence-electron chi connectivity index (χ4n) is 2.45. The molecule has 0 bridgehead atoms. The minimum Gasteiger partial charge on any atom is -0.392 e. The van der Waals surface area contributed by atoms with Crippen LogP contribution in [0.2, 0.25) is 0 Å². The van der Waals surface area contributed by atoms with E-state index in [-0.39, 0.29) is 6.10 Å². The molecule has 2 unspecified atom stereocenters. The van der Waals surface area contributed by atoms with Gasteiger partial charge in [-0.05, 0) is 38.0 Å². The van der Waals surface area contributed by atoms with Crippen molar-refractivity contribution in [2.75, 3.05) is 6.54 Å². The van der Waals surface area contributed by atoms with E-state index in [1.54, 1.807) is 0 Å². The summed E-state index contributed by atoms with van der Waals surface area (Å²) < 4.78 is 0. The fourth-order valence-corrected chi connectivity index (χ4v) is 2.45. The summed E-state index contributed by atoms with van der Waals surface area (Å²) in [5, 5.41) is 12.6. The molecule has 0 aromatic heterocycles. The van der Waals surface area contributed by atoms with E-state index in [0.717, 1.165) is 18.4 Å². The van der Waals surface area contributed by atoms with Gasteiger partial charge in [-0.25, -0.2) is 0 Å². The number of hydrogen-bond donors (Lipinski definition) is 2. The standard InChI is InChI=1S/C11H23NO/c1-8-4-9(2)6-11(5-8)12-7-10(3)13/h8-13H,4-7H2,1-3H3/t8?,9?,10-,11?/m1/s1. The Morgan fingerprint density at radius 2 is 1.77 bits per heavy atom. The van der Waals surface area contributed by atoms with Crippen molar-refractivity contribution in [3.8, 4) is 0 Å². The summed E-state index contributed by atoms with van der Waals surface area (Å²) in [7, 11) is 0. The zero-order valence-corrected chi connectivity index (χ0v) is 9.09. The molecule has 0 heterocycles. The molecule has 0 saturated heterocycles. The highest BCUT2D eigenvalue weighted by Gasteiger charge is 2.23. The summed E-state index contributed by atoms with van der Waals surface area (Å²) in [6, 6.07) is 0.633. The van der Waals surface area contributed by atoms with Gasteiger partial charge in [0.15, 0.2) is 0 Å². The zero-order chi connectivity index (χ0) is 9.84. The largest absolute Gasteiger partial charge is 0.392 e. The van der Waals surface area contributed by atoms with Gasteiger partial charge in [-0.3, -0.25) is 0 Å². The van der Waals surface area contributed by atoms with E-state index >= 15 is 0 Å².